The quantitative estimate of drug-likeness (QED) is 0.377. The van der Waals surface area contributed by atoms with Crippen LogP contribution in [0.25, 0.3) is 12.2 Å². The van der Waals surface area contributed by atoms with Crippen LogP contribution in [0, 0.1) is 10.1 Å². The van der Waals surface area contributed by atoms with Gasteiger partial charge in [-0.3, -0.25) is 19.9 Å². The van der Waals surface area contributed by atoms with Crippen LogP contribution in [0.1, 0.15) is 25.0 Å². The number of piperazine rings is 1. The minimum atomic E-state index is -1.03. The van der Waals surface area contributed by atoms with Crippen LogP contribution in [-0.2, 0) is 4.79 Å². The minimum absolute atomic E-state index is 0.0423. The Bertz CT molecular complexity index is 1190. The summed E-state index contributed by atoms with van der Waals surface area (Å²) in [5.41, 5.74) is 1.02. The number of nitro groups is 1. The van der Waals surface area contributed by atoms with E-state index in [1.165, 1.54) is 12.3 Å². The largest absolute Gasteiger partial charge is 0.478 e. The summed E-state index contributed by atoms with van der Waals surface area (Å²) in [6, 6.07) is 14.6. The van der Waals surface area contributed by atoms with Crippen LogP contribution in [0.2, 0.25) is 0 Å². The third kappa shape index (κ3) is 6.00. The molecule has 1 aliphatic heterocycles. The van der Waals surface area contributed by atoms with Crippen LogP contribution in [0.3, 0.4) is 0 Å². The van der Waals surface area contributed by atoms with E-state index in [4.69, 9.17) is 4.74 Å². The molecular weight excluding hydrogens is 446 g/mol. The average Bonchev–Trinajstić information content (AvgIpc) is 2.88. The first-order chi connectivity index (χ1) is 16.8. The van der Waals surface area contributed by atoms with Crippen molar-refractivity contribution in [2.24, 2.45) is 0 Å². The van der Waals surface area contributed by atoms with Crippen molar-refractivity contribution in [3.05, 3.63) is 88.4 Å². The van der Waals surface area contributed by atoms with Gasteiger partial charge in [0.2, 0.25) is 0 Å². The van der Waals surface area contributed by atoms with Gasteiger partial charge in [-0.1, -0.05) is 24.3 Å². The van der Waals surface area contributed by atoms with Gasteiger partial charge in [-0.15, -0.1) is 0 Å². The van der Waals surface area contributed by atoms with Gasteiger partial charge in [0, 0.05) is 44.6 Å². The van der Waals surface area contributed by atoms with Crippen molar-refractivity contribution in [1.82, 2.24) is 14.9 Å². The second-order valence-electron chi connectivity index (χ2n) is 8.71. The number of anilines is 1. The molecule has 1 amide bonds. The molecule has 0 saturated carbocycles. The van der Waals surface area contributed by atoms with Gasteiger partial charge in [0.25, 0.3) is 11.6 Å². The maximum Gasteiger partial charge on any atom is 0.287 e. The van der Waals surface area contributed by atoms with E-state index >= 15 is 0 Å². The lowest BCUT2D eigenvalue weighted by Gasteiger charge is -2.39. The molecule has 0 unspecified atom stereocenters. The van der Waals surface area contributed by atoms with Crippen molar-refractivity contribution >= 4 is 29.6 Å². The molecule has 0 atom stereocenters. The lowest BCUT2D eigenvalue weighted by atomic mass is 10.1. The van der Waals surface area contributed by atoms with Crippen molar-refractivity contribution in [2.45, 2.75) is 19.4 Å². The van der Waals surface area contributed by atoms with Gasteiger partial charge in [0.15, 0.2) is 5.60 Å². The number of hydrogen-bond acceptors (Lipinski definition) is 7. The maximum atomic E-state index is 13.2. The number of carbonyl (C=O) groups is 1. The fraction of sp³-hybridized carbons (Fsp3) is 0.269. The molecule has 3 heterocycles. The van der Waals surface area contributed by atoms with E-state index in [1.807, 2.05) is 53.5 Å². The van der Waals surface area contributed by atoms with Crippen molar-refractivity contribution in [2.75, 3.05) is 31.1 Å². The lowest BCUT2D eigenvalue weighted by molar-refractivity contribution is -0.385. The van der Waals surface area contributed by atoms with Crippen molar-refractivity contribution in [3.8, 4) is 5.75 Å². The number of benzene rings is 1. The topological polar surface area (TPSA) is 102 Å². The molecule has 0 N–H and O–H groups in total. The molecule has 9 heteroatoms. The maximum absolute atomic E-state index is 13.2. The van der Waals surface area contributed by atoms with Crippen LogP contribution in [0.4, 0.5) is 11.5 Å². The van der Waals surface area contributed by atoms with Crippen LogP contribution in [0.15, 0.2) is 67.1 Å². The molecule has 1 aromatic carbocycles. The molecule has 2 aromatic heterocycles. The summed E-state index contributed by atoms with van der Waals surface area (Å²) >= 11 is 0. The highest BCUT2D eigenvalue weighted by molar-refractivity contribution is 5.85. The first-order valence-electron chi connectivity index (χ1n) is 11.3. The Morgan fingerprint density at radius 3 is 2.17 bits per heavy atom. The Balaban J connectivity index is 1.32. The molecular formula is C26H27N5O4. The van der Waals surface area contributed by atoms with Gasteiger partial charge in [-0.05, 0) is 55.3 Å². The van der Waals surface area contributed by atoms with Crippen LogP contribution >= 0.6 is 0 Å². The molecule has 0 radical (unpaired) electrons. The highest BCUT2D eigenvalue weighted by Gasteiger charge is 2.36. The third-order valence-corrected chi connectivity index (χ3v) is 5.78. The summed E-state index contributed by atoms with van der Waals surface area (Å²) in [6.07, 6.45) is 8.78. The van der Waals surface area contributed by atoms with E-state index in [0.717, 1.165) is 11.1 Å². The van der Waals surface area contributed by atoms with Gasteiger partial charge in [0.1, 0.15) is 17.8 Å². The Kier molecular flexibility index (Phi) is 7.05. The molecule has 3 aromatic rings. The Hall–Kier alpha value is -4.27. The van der Waals surface area contributed by atoms with E-state index in [2.05, 4.69) is 9.97 Å². The van der Waals surface area contributed by atoms with Crippen LogP contribution in [0.5, 0.6) is 5.75 Å². The van der Waals surface area contributed by atoms with Gasteiger partial charge in [0.05, 0.1) is 4.92 Å². The van der Waals surface area contributed by atoms with E-state index in [9.17, 15) is 14.9 Å². The molecule has 1 saturated heterocycles. The average molecular weight is 474 g/mol. The second-order valence-corrected chi connectivity index (χ2v) is 8.71. The third-order valence-electron chi connectivity index (χ3n) is 5.78. The smallest absolute Gasteiger partial charge is 0.287 e. The normalized spacial score (nSPS) is 14.2. The number of aromatic nitrogens is 2. The summed E-state index contributed by atoms with van der Waals surface area (Å²) in [7, 11) is 0. The summed E-state index contributed by atoms with van der Waals surface area (Å²) in [4.78, 5) is 35.5. The SMILES string of the molecule is CC(C)(Oc1ccc(/C=C/c2ccncc2)cc1)C(=O)N1CCN(c2ccc([N+](=O)[O-])cn2)CC1. The van der Waals surface area contributed by atoms with E-state index in [1.54, 1.807) is 37.2 Å². The highest BCUT2D eigenvalue weighted by Crippen LogP contribution is 2.23. The van der Waals surface area contributed by atoms with Gasteiger partial charge >= 0.3 is 0 Å². The monoisotopic (exact) mass is 473 g/mol. The summed E-state index contributed by atoms with van der Waals surface area (Å²) < 4.78 is 6.07. The zero-order valence-electron chi connectivity index (χ0n) is 19.7. The number of rotatable bonds is 7. The lowest BCUT2D eigenvalue weighted by Crippen LogP contribution is -2.56. The van der Waals surface area contributed by atoms with Crippen LogP contribution in [-0.4, -0.2) is 57.5 Å². The molecule has 0 spiro atoms. The molecule has 35 heavy (non-hydrogen) atoms. The van der Waals surface area contributed by atoms with E-state index in [-0.39, 0.29) is 11.6 Å². The standard InChI is InChI=1S/C26H27N5O4/c1-26(2,35-23-8-5-20(6-9-23)3-4-21-11-13-27-14-12-21)25(32)30-17-15-29(16-18-30)24-10-7-22(19-28-24)31(33)34/h3-14,19H,15-18H2,1-2H3/b4-3+. The van der Waals surface area contributed by atoms with Crippen molar-refractivity contribution < 1.29 is 14.5 Å². The summed E-state index contributed by atoms with van der Waals surface area (Å²) in [6.45, 7) is 5.76. The molecule has 180 valence electrons. The number of amides is 1. The molecule has 1 aliphatic rings. The summed E-state index contributed by atoms with van der Waals surface area (Å²) in [5.74, 6) is 1.20. The molecule has 4 rings (SSSR count). The van der Waals surface area contributed by atoms with Gasteiger partial charge in [-0.25, -0.2) is 4.98 Å². The number of nitrogens with zero attached hydrogens (tertiary/aromatic N) is 5. The van der Waals surface area contributed by atoms with E-state index in [0.29, 0.717) is 37.7 Å². The Morgan fingerprint density at radius 2 is 1.60 bits per heavy atom. The predicted octanol–water partition coefficient (Wildman–Crippen LogP) is 4.06. The highest BCUT2D eigenvalue weighted by atomic mass is 16.6. The van der Waals surface area contributed by atoms with Crippen molar-refractivity contribution in [1.29, 1.82) is 0 Å². The van der Waals surface area contributed by atoms with E-state index < -0.39 is 10.5 Å². The van der Waals surface area contributed by atoms with Gasteiger partial charge in [-0.2, -0.15) is 0 Å². The molecule has 0 aliphatic carbocycles. The van der Waals surface area contributed by atoms with Crippen LogP contribution < -0.4 is 9.64 Å². The fourth-order valence-corrected chi connectivity index (χ4v) is 3.84. The molecule has 1 fully saturated rings. The fourth-order valence-electron chi connectivity index (χ4n) is 3.84. The Morgan fingerprint density at radius 1 is 0.971 bits per heavy atom. The molecule has 9 nitrogen and oxygen atoms in total. The number of hydrogen-bond donors (Lipinski definition) is 0. The minimum Gasteiger partial charge on any atom is -0.478 e. The second kappa shape index (κ2) is 10.3. The zero-order chi connectivity index (χ0) is 24.8. The predicted molar refractivity (Wildman–Crippen MR) is 134 cm³/mol. The number of pyridine rings is 2. The first kappa shape index (κ1) is 23.9. The van der Waals surface area contributed by atoms with Crippen molar-refractivity contribution in [3.63, 3.8) is 0 Å². The first-order valence-corrected chi connectivity index (χ1v) is 11.3. The number of ether oxygens (including phenoxy) is 1. The zero-order valence-corrected chi connectivity index (χ0v) is 19.7. The van der Waals surface area contributed by atoms with Gasteiger partial charge < -0.3 is 14.5 Å². The Labute approximate surface area is 203 Å². The number of carbonyl (C=O) groups excluding carboxylic acids is 1. The molecule has 0 bridgehead atoms. The summed E-state index contributed by atoms with van der Waals surface area (Å²) in [5, 5.41) is 10.8.